The molecule has 3 aromatic heterocycles. The highest BCUT2D eigenvalue weighted by molar-refractivity contribution is 6.06. The van der Waals surface area contributed by atoms with Crippen LogP contribution in [0.1, 0.15) is 10.4 Å². The Morgan fingerprint density at radius 3 is 2.78 bits per heavy atom. The van der Waals surface area contributed by atoms with Gasteiger partial charge in [0.15, 0.2) is 0 Å². The molecule has 0 radical (unpaired) electrons. The van der Waals surface area contributed by atoms with Gasteiger partial charge in [0.05, 0.1) is 24.2 Å². The number of anilines is 1. The molecule has 1 amide bonds. The smallest absolute Gasteiger partial charge is 0.327 e. The van der Waals surface area contributed by atoms with Crippen LogP contribution < -0.4 is 16.6 Å². The molecule has 1 aliphatic heterocycles. The van der Waals surface area contributed by atoms with Gasteiger partial charge < -0.3 is 14.6 Å². The zero-order valence-corrected chi connectivity index (χ0v) is 17.3. The molecular weight excluding hydrogens is 412 g/mol. The van der Waals surface area contributed by atoms with E-state index in [0.29, 0.717) is 5.69 Å². The molecule has 4 aromatic rings. The van der Waals surface area contributed by atoms with Crippen molar-refractivity contribution >= 4 is 33.5 Å². The summed E-state index contributed by atoms with van der Waals surface area (Å²) >= 11 is 0. The molecule has 0 spiro atoms. The van der Waals surface area contributed by atoms with Gasteiger partial charge in [0.25, 0.3) is 11.5 Å². The Labute approximate surface area is 181 Å². The van der Waals surface area contributed by atoms with Crippen molar-refractivity contribution in [2.24, 2.45) is 0 Å². The highest BCUT2D eigenvalue weighted by Gasteiger charge is 2.13. The standard InChI is InChI=1S/C22H22N6O4/c29-20(15-12-17-19(23-13-15)25-22(31)26-21(17)30)24-16-1-2-18-14(11-16)3-4-28(18)6-5-27-7-9-32-10-8-27/h1-4,11-13H,5-10H2,(H,24,29)(H2,23,25,26,30,31). The van der Waals surface area contributed by atoms with Gasteiger partial charge in [-0.2, -0.15) is 0 Å². The number of ether oxygens (including phenoxy) is 1. The largest absolute Gasteiger partial charge is 0.379 e. The Morgan fingerprint density at radius 1 is 1.09 bits per heavy atom. The lowest BCUT2D eigenvalue weighted by Gasteiger charge is -2.26. The predicted octanol–water partition coefficient (Wildman–Crippen LogP) is 1.15. The van der Waals surface area contributed by atoms with Gasteiger partial charge in [-0.1, -0.05) is 0 Å². The van der Waals surface area contributed by atoms with Crippen molar-refractivity contribution in [2.75, 3.05) is 38.2 Å². The summed E-state index contributed by atoms with van der Waals surface area (Å²) in [4.78, 5) is 47.0. The third-order valence-corrected chi connectivity index (χ3v) is 5.64. The number of carbonyl (C=O) groups excluding carboxylic acids is 1. The van der Waals surface area contributed by atoms with Crippen molar-refractivity contribution < 1.29 is 9.53 Å². The average molecular weight is 434 g/mol. The monoisotopic (exact) mass is 434 g/mol. The van der Waals surface area contributed by atoms with Crippen molar-refractivity contribution in [2.45, 2.75) is 6.54 Å². The normalized spacial score (nSPS) is 14.8. The van der Waals surface area contributed by atoms with Crippen LogP contribution in [0.5, 0.6) is 0 Å². The summed E-state index contributed by atoms with van der Waals surface area (Å²) in [7, 11) is 0. The lowest BCUT2D eigenvalue weighted by Crippen LogP contribution is -2.38. The van der Waals surface area contributed by atoms with E-state index in [4.69, 9.17) is 4.74 Å². The van der Waals surface area contributed by atoms with Crippen molar-refractivity contribution in [1.29, 1.82) is 0 Å². The number of carbonyl (C=O) groups is 1. The number of nitrogens with one attached hydrogen (secondary N) is 3. The molecule has 32 heavy (non-hydrogen) atoms. The molecule has 164 valence electrons. The van der Waals surface area contributed by atoms with Crippen LogP contribution in [0.15, 0.2) is 52.3 Å². The second kappa shape index (κ2) is 8.40. The molecule has 0 atom stereocenters. The summed E-state index contributed by atoms with van der Waals surface area (Å²) in [5, 5.41) is 4.01. The van der Waals surface area contributed by atoms with Gasteiger partial charge in [0, 0.05) is 55.2 Å². The summed E-state index contributed by atoms with van der Waals surface area (Å²) in [6.07, 6.45) is 3.38. The van der Waals surface area contributed by atoms with E-state index in [9.17, 15) is 14.4 Å². The van der Waals surface area contributed by atoms with Crippen molar-refractivity contribution in [3.8, 4) is 0 Å². The number of H-pyrrole nitrogens is 2. The van der Waals surface area contributed by atoms with Crippen LogP contribution in [-0.2, 0) is 11.3 Å². The minimum atomic E-state index is -0.641. The van der Waals surface area contributed by atoms with Gasteiger partial charge in [0.1, 0.15) is 5.65 Å². The number of morpholine rings is 1. The van der Waals surface area contributed by atoms with Gasteiger partial charge in [0.2, 0.25) is 0 Å². The minimum absolute atomic E-state index is 0.134. The first kappa shape index (κ1) is 20.2. The molecule has 10 nitrogen and oxygen atoms in total. The lowest BCUT2D eigenvalue weighted by atomic mass is 10.2. The first-order valence-corrected chi connectivity index (χ1v) is 10.4. The van der Waals surface area contributed by atoms with E-state index in [1.165, 1.54) is 12.3 Å². The number of fused-ring (bicyclic) bond motifs is 2. The molecular formula is C22H22N6O4. The van der Waals surface area contributed by atoms with E-state index >= 15 is 0 Å². The highest BCUT2D eigenvalue weighted by atomic mass is 16.5. The number of aromatic nitrogens is 4. The zero-order valence-electron chi connectivity index (χ0n) is 17.3. The van der Waals surface area contributed by atoms with Crippen molar-refractivity contribution in [3.05, 3.63) is 69.1 Å². The maximum atomic E-state index is 12.7. The molecule has 1 fully saturated rings. The number of aromatic amines is 2. The van der Waals surface area contributed by atoms with Crippen LogP contribution in [-0.4, -0.2) is 63.2 Å². The van der Waals surface area contributed by atoms with Crippen LogP contribution in [0.25, 0.3) is 21.9 Å². The number of rotatable bonds is 5. The van der Waals surface area contributed by atoms with Gasteiger partial charge in [-0.3, -0.25) is 24.5 Å². The number of pyridine rings is 1. The number of amides is 1. The Bertz CT molecular complexity index is 1410. The first-order chi connectivity index (χ1) is 15.6. The zero-order chi connectivity index (χ0) is 22.1. The summed E-state index contributed by atoms with van der Waals surface area (Å²) < 4.78 is 7.60. The van der Waals surface area contributed by atoms with Crippen LogP contribution in [0.3, 0.4) is 0 Å². The summed E-state index contributed by atoms with van der Waals surface area (Å²) in [6, 6.07) is 9.19. The van der Waals surface area contributed by atoms with E-state index < -0.39 is 17.2 Å². The van der Waals surface area contributed by atoms with Gasteiger partial charge in [-0.05, 0) is 30.3 Å². The number of benzene rings is 1. The minimum Gasteiger partial charge on any atom is -0.379 e. The van der Waals surface area contributed by atoms with Crippen molar-refractivity contribution in [1.82, 2.24) is 24.4 Å². The predicted molar refractivity (Wildman–Crippen MR) is 120 cm³/mol. The van der Waals surface area contributed by atoms with Crippen LogP contribution >= 0.6 is 0 Å². The molecule has 0 bridgehead atoms. The van der Waals surface area contributed by atoms with E-state index in [1.807, 2.05) is 24.3 Å². The third-order valence-electron chi connectivity index (χ3n) is 5.64. The Hall–Kier alpha value is -3.76. The Balaban J connectivity index is 1.32. The SMILES string of the molecule is O=C(Nc1ccc2c(ccn2CCN2CCOCC2)c1)c1cnc2[nH]c(=O)[nH]c(=O)c2c1. The maximum absolute atomic E-state index is 12.7. The number of hydrogen-bond donors (Lipinski definition) is 3. The molecule has 1 saturated heterocycles. The van der Waals surface area contributed by atoms with Gasteiger partial charge in [-0.15, -0.1) is 0 Å². The second-order valence-electron chi connectivity index (χ2n) is 7.72. The second-order valence-corrected chi connectivity index (χ2v) is 7.72. The molecule has 10 heteroatoms. The Morgan fingerprint density at radius 2 is 1.94 bits per heavy atom. The van der Waals surface area contributed by atoms with E-state index in [1.54, 1.807) is 0 Å². The highest BCUT2D eigenvalue weighted by Crippen LogP contribution is 2.21. The molecule has 3 N–H and O–H groups in total. The van der Waals surface area contributed by atoms with E-state index in [-0.39, 0.29) is 16.6 Å². The van der Waals surface area contributed by atoms with E-state index in [0.717, 1.165) is 50.3 Å². The molecule has 0 unspecified atom stereocenters. The molecule has 0 aliphatic carbocycles. The molecule has 4 heterocycles. The van der Waals surface area contributed by atoms with E-state index in [2.05, 4.69) is 35.9 Å². The third kappa shape index (κ3) is 4.05. The molecule has 5 rings (SSSR count). The quantitative estimate of drug-likeness (QED) is 0.433. The number of hydrogen-bond acceptors (Lipinski definition) is 6. The summed E-state index contributed by atoms with van der Waals surface area (Å²) in [5.41, 5.74) is 0.861. The Kier molecular flexibility index (Phi) is 5.29. The molecule has 0 saturated carbocycles. The topological polar surface area (TPSA) is 125 Å². The fourth-order valence-corrected chi connectivity index (χ4v) is 3.92. The number of nitrogens with zero attached hydrogens (tertiary/aromatic N) is 3. The summed E-state index contributed by atoms with van der Waals surface area (Å²) in [6.45, 7) is 5.34. The average Bonchev–Trinajstić information content (AvgIpc) is 3.20. The van der Waals surface area contributed by atoms with Crippen molar-refractivity contribution in [3.63, 3.8) is 0 Å². The van der Waals surface area contributed by atoms with Gasteiger partial charge in [-0.25, -0.2) is 9.78 Å². The maximum Gasteiger partial charge on any atom is 0.327 e. The van der Waals surface area contributed by atoms with Gasteiger partial charge >= 0.3 is 5.69 Å². The summed E-state index contributed by atoms with van der Waals surface area (Å²) in [5.74, 6) is -0.392. The fourth-order valence-electron chi connectivity index (χ4n) is 3.92. The fraction of sp³-hybridized carbons (Fsp3) is 0.273. The van der Waals surface area contributed by atoms with Crippen LogP contribution in [0.4, 0.5) is 5.69 Å². The van der Waals surface area contributed by atoms with Crippen LogP contribution in [0, 0.1) is 0 Å². The molecule has 1 aliphatic rings. The van der Waals surface area contributed by atoms with Crippen LogP contribution in [0.2, 0.25) is 0 Å². The molecule has 1 aromatic carbocycles. The first-order valence-electron chi connectivity index (χ1n) is 10.4. The lowest BCUT2D eigenvalue weighted by molar-refractivity contribution is 0.0365.